The van der Waals surface area contributed by atoms with Crippen LogP contribution < -0.4 is 16.7 Å². The first kappa shape index (κ1) is 20.5. The van der Waals surface area contributed by atoms with E-state index < -0.39 is 39.2 Å². The lowest BCUT2D eigenvalue weighted by atomic mass is 10.2. The third kappa shape index (κ3) is 4.10. The van der Waals surface area contributed by atoms with Crippen molar-refractivity contribution < 1.29 is 14.8 Å². The molecule has 0 aliphatic rings. The van der Waals surface area contributed by atoms with Crippen LogP contribution in [-0.2, 0) is 0 Å². The van der Waals surface area contributed by atoms with Gasteiger partial charge in [0.05, 0.1) is 16.8 Å². The number of hydrogen-bond acceptors (Lipinski definition) is 7. The topological polar surface area (TPSA) is 160 Å². The lowest BCUT2D eigenvalue weighted by Gasteiger charge is -2.09. The maximum atomic E-state index is 12.2. The minimum Gasteiger partial charge on any atom is -0.493 e. The van der Waals surface area contributed by atoms with Gasteiger partial charge in [-0.15, -0.1) is 0 Å². The Balaban J connectivity index is 1.93. The summed E-state index contributed by atoms with van der Waals surface area (Å²) in [6, 6.07) is 11.1. The van der Waals surface area contributed by atoms with Gasteiger partial charge in [-0.05, 0) is 30.3 Å². The van der Waals surface area contributed by atoms with Gasteiger partial charge in [0.25, 0.3) is 17.2 Å². The molecule has 3 rings (SSSR count). The summed E-state index contributed by atoms with van der Waals surface area (Å²) in [5.41, 5.74) is -0.698. The summed E-state index contributed by atoms with van der Waals surface area (Å²) < 4.78 is 0.808. The summed E-state index contributed by atoms with van der Waals surface area (Å²) >= 11 is 5.80. The highest BCUT2D eigenvalue weighted by Gasteiger charge is 2.19. The van der Waals surface area contributed by atoms with Gasteiger partial charge in [0.1, 0.15) is 11.1 Å². The van der Waals surface area contributed by atoms with Crippen molar-refractivity contribution in [1.82, 2.24) is 15.0 Å². The Kier molecular flexibility index (Phi) is 5.74. The van der Waals surface area contributed by atoms with Crippen molar-refractivity contribution in [3.05, 3.63) is 95.6 Å². The predicted octanol–water partition coefficient (Wildman–Crippen LogP) is 1.56. The van der Waals surface area contributed by atoms with Gasteiger partial charge in [-0.2, -0.15) is 5.10 Å². The van der Waals surface area contributed by atoms with Gasteiger partial charge in [-0.25, -0.2) is 14.8 Å². The number of hydrogen-bond donors (Lipinski definition) is 3. The average Bonchev–Trinajstić information content (AvgIpc) is 2.71. The van der Waals surface area contributed by atoms with Gasteiger partial charge in [0.15, 0.2) is 0 Å². The zero-order chi connectivity index (χ0) is 21.8. The second kappa shape index (κ2) is 8.41. The van der Waals surface area contributed by atoms with Crippen LogP contribution in [-0.4, -0.2) is 31.7 Å². The maximum Gasteiger partial charge on any atom is 0.335 e. The van der Waals surface area contributed by atoms with Crippen LogP contribution in [0.15, 0.2) is 63.2 Å². The van der Waals surface area contributed by atoms with Crippen molar-refractivity contribution in [3.63, 3.8) is 0 Å². The van der Waals surface area contributed by atoms with Crippen LogP contribution in [0.5, 0.6) is 5.88 Å². The Hall–Kier alpha value is -4.25. The van der Waals surface area contributed by atoms with Crippen molar-refractivity contribution in [2.75, 3.05) is 0 Å². The van der Waals surface area contributed by atoms with E-state index in [1.54, 1.807) is 0 Å². The van der Waals surface area contributed by atoms with Crippen LogP contribution in [0.4, 0.5) is 5.69 Å². The van der Waals surface area contributed by atoms with Crippen molar-refractivity contribution in [3.8, 4) is 11.6 Å². The second-order valence-corrected chi connectivity index (χ2v) is 6.22. The van der Waals surface area contributed by atoms with E-state index in [9.17, 15) is 29.6 Å². The van der Waals surface area contributed by atoms with E-state index in [4.69, 9.17) is 11.6 Å². The molecule has 1 amide bonds. The monoisotopic (exact) mass is 429 g/mol. The molecule has 30 heavy (non-hydrogen) atoms. The second-order valence-electron chi connectivity index (χ2n) is 5.78. The number of nitro groups is 1. The standard InChI is InChI=1S/C18H12ClN5O6/c19-10-5-7-11(8-6-10)23-17(27)13(15(25)21-18(23)28)9-20-22-16(26)12-3-1-2-4-14(12)24(29)30/h1-9,27H,(H,22,26)(H,21,25,28). The zero-order valence-electron chi connectivity index (χ0n) is 14.9. The highest BCUT2D eigenvalue weighted by Crippen LogP contribution is 2.18. The first-order valence-electron chi connectivity index (χ1n) is 8.20. The molecular weight excluding hydrogens is 418 g/mol. The Morgan fingerprint density at radius 3 is 2.53 bits per heavy atom. The quantitative estimate of drug-likeness (QED) is 0.317. The van der Waals surface area contributed by atoms with Gasteiger partial charge in [-0.3, -0.25) is 24.7 Å². The van der Waals surface area contributed by atoms with Crippen molar-refractivity contribution in [2.24, 2.45) is 5.10 Å². The van der Waals surface area contributed by atoms with Gasteiger partial charge in [0.2, 0.25) is 5.88 Å². The summed E-state index contributed by atoms with van der Waals surface area (Å²) in [5.74, 6) is -1.63. The third-order valence-electron chi connectivity index (χ3n) is 3.91. The average molecular weight is 430 g/mol. The molecule has 2 aromatic carbocycles. The number of aromatic nitrogens is 2. The number of hydrazone groups is 1. The molecule has 1 heterocycles. The Labute approximate surface area is 172 Å². The van der Waals surface area contributed by atoms with E-state index in [0.717, 1.165) is 16.8 Å². The van der Waals surface area contributed by atoms with Crippen molar-refractivity contribution in [2.45, 2.75) is 0 Å². The number of nitrogens with one attached hydrogen (secondary N) is 2. The molecule has 0 atom stereocenters. The molecule has 11 nitrogen and oxygen atoms in total. The first-order chi connectivity index (χ1) is 14.3. The highest BCUT2D eigenvalue weighted by atomic mass is 35.5. The minimum atomic E-state index is -0.952. The molecular formula is C18H12ClN5O6. The molecule has 152 valence electrons. The van der Waals surface area contributed by atoms with Crippen LogP contribution in [0.3, 0.4) is 0 Å². The number of amides is 1. The van der Waals surface area contributed by atoms with Crippen molar-refractivity contribution in [1.29, 1.82) is 0 Å². The number of aromatic hydroxyl groups is 1. The van der Waals surface area contributed by atoms with Gasteiger partial charge >= 0.3 is 5.69 Å². The predicted molar refractivity (Wildman–Crippen MR) is 107 cm³/mol. The molecule has 0 saturated heterocycles. The normalized spacial score (nSPS) is 10.8. The largest absolute Gasteiger partial charge is 0.493 e. The summed E-state index contributed by atoms with van der Waals surface area (Å²) in [6.45, 7) is 0. The number of H-pyrrole nitrogens is 1. The van der Waals surface area contributed by atoms with E-state index in [-0.39, 0.29) is 11.3 Å². The summed E-state index contributed by atoms with van der Waals surface area (Å²) in [6.07, 6.45) is 0.812. The molecule has 3 aromatic rings. The first-order valence-corrected chi connectivity index (χ1v) is 8.58. The summed E-state index contributed by atoms with van der Waals surface area (Å²) in [5, 5.41) is 25.3. The Morgan fingerprint density at radius 2 is 1.87 bits per heavy atom. The lowest BCUT2D eigenvalue weighted by Crippen LogP contribution is -2.31. The number of aromatic amines is 1. The fourth-order valence-electron chi connectivity index (χ4n) is 2.53. The van der Waals surface area contributed by atoms with Crippen LogP contribution in [0.2, 0.25) is 5.02 Å². The smallest absolute Gasteiger partial charge is 0.335 e. The number of rotatable bonds is 5. The summed E-state index contributed by atoms with van der Waals surface area (Å²) in [4.78, 5) is 48.6. The highest BCUT2D eigenvalue weighted by molar-refractivity contribution is 6.30. The zero-order valence-corrected chi connectivity index (χ0v) is 15.7. The Morgan fingerprint density at radius 1 is 1.20 bits per heavy atom. The fraction of sp³-hybridized carbons (Fsp3) is 0. The molecule has 0 bridgehead atoms. The molecule has 0 aliphatic carbocycles. The van der Waals surface area contributed by atoms with E-state index in [2.05, 4.69) is 5.10 Å². The number of halogens is 1. The van der Waals surface area contributed by atoms with Gasteiger partial charge in [0, 0.05) is 11.1 Å². The molecule has 0 saturated carbocycles. The van der Waals surface area contributed by atoms with Gasteiger partial charge in [-0.1, -0.05) is 23.7 Å². The van der Waals surface area contributed by atoms with E-state index >= 15 is 0 Å². The molecule has 3 N–H and O–H groups in total. The number of nitro benzene ring substituents is 1. The molecule has 1 aromatic heterocycles. The van der Waals surface area contributed by atoms with E-state index in [1.807, 2.05) is 10.4 Å². The molecule has 0 fully saturated rings. The lowest BCUT2D eigenvalue weighted by molar-refractivity contribution is -0.385. The number of carbonyl (C=O) groups excluding carboxylic acids is 1. The van der Waals surface area contributed by atoms with E-state index in [1.165, 1.54) is 42.5 Å². The molecule has 0 radical (unpaired) electrons. The SMILES string of the molecule is O=C(NN=Cc1c(O)n(-c2ccc(Cl)cc2)c(=O)[nH]c1=O)c1ccccc1[N+](=O)[O-]. The number of nitrogens with zero attached hydrogens (tertiary/aromatic N) is 3. The van der Waals surface area contributed by atoms with Crippen LogP contribution in [0.25, 0.3) is 5.69 Å². The number of carbonyl (C=O) groups is 1. The number of para-hydroxylation sites is 1. The van der Waals surface area contributed by atoms with Crippen LogP contribution in [0.1, 0.15) is 15.9 Å². The van der Waals surface area contributed by atoms with Gasteiger partial charge < -0.3 is 5.11 Å². The molecule has 0 unspecified atom stereocenters. The van der Waals surface area contributed by atoms with Crippen LogP contribution in [0, 0.1) is 10.1 Å². The third-order valence-corrected chi connectivity index (χ3v) is 4.16. The summed E-state index contributed by atoms with van der Waals surface area (Å²) in [7, 11) is 0. The molecule has 0 aliphatic heterocycles. The number of benzene rings is 2. The van der Waals surface area contributed by atoms with Crippen molar-refractivity contribution >= 4 is 29.4 Å². The molecule has 0 spiro atoms. The minimum absolute atomic E-state index is 0.219. The molecule has 12 heteroatoms. The van der Waals surface area contributed by atoms with E-state index in [0.29, 0.717) is 5.02 Å². The fourth-order valence-corrected chi connectivity index (χ4v) is 2.65. The maximum absolute atomic E-state index is 12.2. The van der Waals surface area contributed by atoms with Crippen LogP contribution >= 0.6 is 11.6 Å². The Bertz CT molecular complexity index is 1280.